The van der Waals surface area contributed by atoms with Crippen LogP contribution in [-0.4, -0.2) is 4.98 Å². The van der Waals surface area contributed by atoms with Gasteiger partial charge in [0.2, 0.25) is 0 Å². The fraction of sp³-hybridized carbons (Fsp3) is 0.250. The first-order valence-corrected chi connectivity index (χ1v) is 5.98. The van der Waals surface area contributed by atoms with Crippen LogP contribution in [0.15, 0.2) is 23.6 Å². The van der Waals surface area contributed by atoms with Crippen molar-refractivity contribution in [1.29, 1.82) is 0 Å². The van der Waals surface area contributed by atoms with Gasteiger partial charge >= 0.3 is 0 Å². The Balaban J connectivity index is 2.31. The summed E-state index contributed by atoms with van der Waals surface area (Å²) in [6.45, 7) is 2.08. The van der Waals surface area contributed by atoms with Crippen LogP contribution in [0.25, 0.3) is 10.6 Å². The molecule has 84 valence electrons. The van der Waals surface area contributed by atoms with E-state index in [-0.39, 0.29) is 0 Å². The zero-order chi connectivity index (χ0) is 11.5. The highest BCUT2D eigenvalue weighted by Crippen LogP contribution is 2.25. The van der Waals surface area contributed by atoms with Crippen LogP contribution in [0.5, 0.6) is 0 Å². The van der Waals surface area contributed by atoms with E-state index < -0.39 is 11.6 Å². The van der Waals surface area contributed by atoms with Gasteiger partial charge in [-0.2, -0.15) is 0 Å². The van der Waals surface area contributed by atoms with Gasteiger partial charge in [-0.25, -0.2) is 13.8 Å². The number of aryl methyl sites for hydroxylation is 1. The first kappa shape index (κ1) is 11.2. The Bertz CT molecular complexity index is 494. The SMILES string of the molecule is CCCc1csc(-c2ccc(F)c(F)c2)n1. The summed E-state index contributed by atoms with van der Waals surface area (Å²) >= 11 is 1.46. The molecule has 0 fully saturated rings. The predicted molar refractivity (Wildman–Crippen MR) is 61.5 cm³/mol. The summed E-state index contributed by atoms with van der Waals surface area (Å²) in [6.07, 6.45) is 1.95. The third-order valence-corrected chi connectivity index (χ3v) is 3.16. The lowest BCUT2D eigenvalue weighted by Gasteiger charge is -1.97. The lowest BCUT2D eigenvalue weighted by Crippen LogP contribution is -1.86. The van der Waals surface area contributed by atoms with E-state index >= 15 is 0 Å². The monoisotopic (exact) mass is 239 g/mol. The minimum atomic E-state index is -0.829. The van der Waals surface area contributed by atoms with E-state index in [1.54, 1.807) is 6.07 Å². The number of nitrogens with zero attached hydrogens (tertiary/aromatic N) is 1. The van der Waals surface area contributed by atoms with Gasteiger partial charge in [-0.05, 0) is 24.6 Å². The molecule has 0 saturated carbocycles. The van der Waals surface area contributed by atoms with Crippen molar-refractivity contribution in [1.82, 2.24) is 4.98 Å². The number of benzene rings is 1. The molecular formula is C12H11F2NS. The van der Waals surface area contributed by atoms with Gasteiger partial charge in [0, 0.05) is 10.9 Å². The van der Waals surface area contributed by atoms with Crippen molar-refractivity contribution in [3.8, 4) is 10.6 Å². The molecule has 0 aliphatic rings. The van der Waals surface area contributed by atoms with Gasteiger partial charge in [-0.15, -0.1) is 11.3 Å². The van der Waals surface area contributed by atoms with Gasteiger partial charge < -0.3 is 0 Å². The number of halogens is 2. The second-order valence-corrected chi connectivity index (χ2v) is 4.38. The lowest BCUT2D eigenvalue weighted by molar-refractivity contribution is 0.509. The van der Waals surface area contributed by atoms with Crippen LogP contribution in [-0.2, 0) is 6.42 Å². The Morgan fingerprint density at radius 3 is 2.75 bits per heavy atom. The molecule has 0 amide bonds. The van der Waals surface area contributed by atoms with Crippen LogP contribution in [0, 0.1) is 11.6 Å². The molecule has 16 heavy (non-hydrogen) atoms. The highest BCUT2D eigenvalue weighted by atomic mass is 32.1. The van der Waals surface area contributed by atoms with Gasteiger partial charge in [-0.1, -0.05) is 13.3 Å². The summed E-state index contributed by atoms with van der Waals surface area (Å²) < 4.78 is 25.8. The van der Waals surface area contributed by atoms with Crippen LogP contribution in [0.1, 0.15) is 19.0 Å². The molecule has 0 saturated heterocycles. The number of rotatable bonds is 3. The van der Waals surface area contributed by atoms with E-state index in [0.717, 1.165) is 29.6 Å². The molecule has 1 nitrogen and oxygen atoms in total. The van der Waals surface area contributed by atoms with Crippen molar-refractivity contribution in [3.63, 3.8) is 0 Å². The van der Waals surface area contributed by atoms with E-state index in [1.807, 2.05) is 5.38 Å². The van der Waals surface area contributed by atoms with Crippen molar-refractivity contribution in [2.24, 2.45) is 0 Å². The van der Waals surface area contributed by atoms with Gasteiger partial charge in [0.25, 0.3) is 0 Å². The molecule has 1 aromatic heterocycles. The van der Waals surface area contributed by atoms with Crippen LogP contribution in [0.2, 0.25) is 0 Å². The van der Waals surface area contributed by atoms with E-state index in [1.165, 1.54) is 17.4 Å². The first-order chi connectivity index (χ1) is 7.70. The number of hydrogen-bond donors (Lipinski definition) is 0. The quantitative estimate of drug-likeness (QED) is 0.787. The molecule has 0 radical (unpaired) electrons. The van der Waals surface area contributed by atoms with Crippen molar-refractivity contribution >= 4 is 11.3 Å². The van der Waals surface area contributed by atoms with Crippen LogP contribution in [0.4, 0.5) is 8.78 Å². The molecule has 0 aliphatic heterocycles. The average Bonchev–Trinajstić information content (AvgIpc) is 2.71. The topological polar surface area (TPSA) is 12.9 Å². The summed E-state index contributed by atoms with van der Waals surface area (Å²) in [5, 5.41) is 2.70. The summed E-state index contributed by atoms with van der Waals surface area (Å²) in [5.41, 5.74) is 1.64. The lowest BCUT2D eigenvalue weighted by atomic mass is 10.2. The fourth-order valence-corrected chi connectivity index (χ4v) is 2.29. The Hall–Kier alpha value is -1.29. The van der Waals surface area contributed by atoms with E-state index in [2.05, 4.69) is 11.9 Å². The third kappa shape index (κ3) is 2.27. The Kier molecular flexibility index (Phi) is 3.29. The van der Waals surface area contributed by atoms with Crippen molar-refractivity contribution in [3.05, 3.63) is 40.9 Å². The zero-order valence-corrected chi connectivity index (χ0v) is 9.65. The summed E-state index contributed by atoms with van der Waals surface area (Å²) in [5.74, 6) is -1.65. The molecule has 0 unspecified atom stereocenters. The maximum atomic E-state index is 13.0. The molecule has 0 spiro atoms. The Morgan fingerprint density at radius 1 is 1.25 bits per heavy atom. The summed E-state index contributed by atoms with van der Waals surface area (Å²) in [6, 6.07) is 3.86. The first-order valence-electron chi connectivity index (χ1n) is 5.10. The molecule has 2 aromatic rings. The molecule has 0 bridgehead atoms. The largest absolute Gasteiger partial charge is 0.241 e. The average molecular weight is 239 g/mol. The minimum absolute atomic E-state index is 0.631. The third-order valence-electron chi connectivity index (χ3n) is 2.22. The van der Waals surface area contributed by atoms with Gasteiger partial charge in [0.1, 0.15) is 5.01 Å². The predicted octanol–water partition coefficient (Wildman–Crippen LogP) is 4.04. The molecule has 0 atom stereocenters. The molecular weight excluding hydrogens is 228 g/mol. The van der Waals surface area contributed by atoms with Gasteiger partial charge in [0.05, 0.1) is 5.69 Å². The molecule has 0 N–H and O–H groups in total. The van der Waals surface area contributed by atoms with E-state index in [9.17, 15) is 8.78 Å². The Labute approximate surface area is 96.8 Å². The van der Waals surface area contributed by atoms with Crippen molar-refractivity contribution < 1.29 is 8.78 Å². The van der Waals surface area contributed by atoms with Gasteiger partial charge in [-0.3, -0.25) is 0 Å². The molecule has 2 rings (SSSR count). The highest BCUT2D eigenvalue weighted by Gasteiger charge is 2.07. The maximum Gasteiger partial charge on any atom is 0.159 e. The Morgan fingerprint density at radius 2 is 2.06 bits per heavy atom. The zero-order valence-electron chi connectivity index (χ0n) is 8.84. The second kappa shape index (κ2) is 4.70. The van der Waals surface area contributed by atoms with Crippen molar-refractivity contribution in [2.75, 3.05) is 0 Å². The molecule has 1 heterocycles. The highest BCUT2D eigenvalue weighted by molar-refractivity contribution is 7.13. The normalized spacial score (nSPS) is 10.7. The van der Waals surface area contributed by atoms with Gasteiger partial charge in [0.15, 0.2) is 11.6 Å². The van der Waals surface area contributed by atoms with Crippen LogP contribution < -0.4 is 0 Å². The smallest absolute Gasteiger partial charge is 0.159 e. The van der Waals surface area contributed by atoms with Crippen molar-refractivity contribution in [2.45, 2.75) is 19.8 Å². The molecule has 0 aliphatic carbocycles. The second-order valence-electron chi connectivity index (χ2n) is 3.52. The molecule has 1 aromatic carbocycles. The molecule has 4 heteroatoms. The minimum Gasteiger partial charge on any atom is -0.241 e. The number of thiazole rings is 1. The van der Waals surface area contributed by atoms with Crippen LogP contribution in [0.3, 0.4) is 0 Å². The van der Waals surface area contributed by atoms with E-state index in [0.29, 0.717) is 5.56 Å². The number of hydrogen-bond acceptors (Lipinski definition) is 2. The fourth-order valence-electron chi connectivity index (χ4n) is 1.44. The number of aromatic nitrogens is 1. The summed E-state index contributed by atoms with van der Waals surface area (Å²) in [4.78, 5) is 4.37. The maximum absolute atomic E-state index is 13.0. The summed E-state index contributed by atoms with van der Waals surface area (Å²) in [7, 11) is 0. The van der Waals surface area contributed by atoms with E-state index in [4.69, 9.17) is 0 Å². The standard InChI is InChI=1S/C12H11F2NS/c1-2-3-9-7-16-12(15-9)8-4-5-10(13)11(14)6-8/h4-7H,2-3H2,1H3. The van der Waals surface area contributed by atoms with Crippen LogP contribution >= 0.6 is 11.3 Å².